The summed E-state index contributed by atoms with van der Waals surface area (Å²) in [6.07, 6.45) is 0. The smallest absolute Gasteiger partial charge is 0.244 e. The maximum atomic E-state index is 13.8. The van der Waals surface area contributed by atoms with Crippen molar-refractivity contribution >= 4 is 21.6 Å². The molecule has 112 valence electrons. The van der Waals surface area contributed by atoms with E-state index >= 15 is 0 Å². The lowest BCUT2D eigenvalue weighted by Crippen LogP contribution is -2.44. The van der Waals surface area contributed by atoms with Gasteiger partial charge in [-0.25, -0.2) is 12.8 Å². The molecule has 4 N–H and O–H groups in total. The highest BCUT2D eigenvalue weighted by Gasteiger charge is 2.25. The van der Waals surface area contributed by atoms with Crippen LogP contribution in [0.1, 0.15) is 19.4 Å². The Kier molecular flexibility index (Phi) is 5.07. The van der Waals surface area contributed by atoms with Crippen LogP contribution in [0.2, 0.25) is 0 Å². The van der Waals surface area contributed by atoms with E-state index < -0.39 is 32.7 Å². The molecule has 20 heavy (non-hydrogen) atoms. The van der Waals surface area contributed by atoms with Crippen LogP contribution in [-0.2, 0) is 14.8 Å². The zero-order valence-electron chi connectivity index (χ0n) is 11.5. The number of nitrogen functional groups attached to an aromatic ring is 1. The number of nitrogens with two attached hydrogens (primary N) is 1. The number of likely N-dealkylation sites (N-methyl/N-ethyl adjacent to an activating group) is 1. The first-order valence-corrected chi connectivity index (χ1v) is 7.53. The number of halogens is 1. The molecule has 0 aromatic heterocycles. The van der Waals surface area contributed by atoms with Crippen molar-refractivity contribution in [2.24, 2.45) is 0 Å². The first-order chi connectivity index (χ1) is 9.19. The van der Waals surface area contributed by atoms with E-state index in [1.807, 2.05) is 0 Å². The fourth-order valence-electron chi connectivity index (χ4n) is 1.55. The lowest BCUT2D eigenvalue weighted by atomic mass is 10.2. The first-order valence-electron chi connectivity index (χ1n) is 6.04. The van der Waals surface area contributed by atoms with Crippen molar-refractivity contribution in [3.05, 3.63) is 23.5 Å². The largest absolute Gasteiger partial charge is 0.398 e. The van der Waals surface area contributed by atoms with Gasteiger partial charge in [0.05, 0.1) is 6.04 Å². The molecule has 0 heterocycles. The molecule has 0 aliphatic heterocycles. The van der Waals surface area contributed by atoms with Gasteiger partial charge in [0.15, 0.2) is 0 Å². The minimum atomic E-state index is -4.16. The third kappa shape index (κ3) is 3.67. The Balaban J connectivity index is 3.06. The van der Waals surface area contributed by atoms with Crippen LogP contribution >= 0.6 is 0 Å². The van der Waals surface area contributed by atoms with Crippen molar-refractivity contribution in [2.45, 2.75) is 31.7 Å². The molecule has 1 atom stereocenters. The number of anilines is 1. The van der Waals surface area contributed by atoms with Crippen LogP contribution in [0.3, 0.4) is 0 Å². The van der Waals surface area contributed by atoms with Crippen molar-refractivity contribution in [3.63, 3.8) is 0 Å². The minimum Gasteiger partial charge on any atom is -0.398 e. The molecule has 0 radical (unpaired) electrons. The van der Waals surface area contributed by atoms with E-state index in [-0.39, 0.29) is 5.69 Å². The van der Waals surface area contributed by atoms with Gasteiger partial charge in [-0.15, -0.1) is 0 Å². The second-order valence-electron chi connectivity index (χ2n) is 4.38. The van der Waals surface area contributed by atoms with E-state index in [1.165, 1.54) is 6.92 Å². The summed E-state index contributed by atoms with van der Waals surface area (Å²) < 4.78 is 40.0. The second-order valence-corrected chi connectivity index (χ2v) is 6.06. The van der Waals surface area contributed by atoms with E-state index in [0.29, 0.717) is 12.1 Å². The normalized spacial score (nSPS) is 13.0. The molecule has 1 unspecified atom stereocenters. The summed E-state index contributed by atoms with van der Waals surface area (Å²) >= 11 is 0. The van der Waals surface area contributed by atoms with Crippen LogP contribution in [0.15, 0.2) is 17.0 Å². The van der Waals surface area contributed by atoms with Crippen LogP contribution in [0.5, 0.6) is 0 Å². The minimum absolute atomic E-state index is 0.164. The van der Waals surface area contributed by atoms with E-state index in [0.717, 1.165) is 12.1 Å². The maximum Gasteiger partial charge on any atom is 0.244 e. The van der Waals surface area contributed by atoms with Crippen LogP contribution in [0, 0.1) is 12.7 Å². The maximum absolute atomic E-state index is 13.8. The molecule has 6 nitrogen and oxygen atoms in total. The topological polar surface area (TPSA) is 101 Å². The summed E-state index contributed by atoms with van der Waals surface area (Å²) in [5.41, 5.74) is 6.19. The fraction of sp³-hybridized carbons (Fsp3) is 0.417. The Bertz CT molecular complexity index is 617. The summed E-state index contributed by atoms with van der Waals surface area (Å²) in [5, 5.41) is 2.47. The summed E-state index contributed by atoms with van der Waals surface area (Å²) in [7, 11) is -4.16. The number of benzene rings is 1. The summed E-state index contributed by atoms with van der Waals surface area (Å²) in [4.78, 5) is 10.9. The molecule has 1 rings (SSSR count). The predicted octanol–water partition coefficient (Wildman–Crippen LogP) is 0.519. The standard InChI is InChI=1S/C12H18FN3O3S/c1-4-15-12(17)8(3)16-20(18,19)11-6-10(14)7(2)5-9(11)13/h5-6,8,16H,4,14H2,1-3H3,(H,15,17). The molecule has 1 aromatic carbocycles. The number of carbonyl (C=O) groups is 1. The Morgan fingerprint density at radius 3 is 2.60 bits per heavy atom. The van der Waals surface area contributed by atoms with Gasteiger partial charge in [-0.2, -0.15) is 4.72 Å². The van der Waals surface area contributed by atoms with Crippen LogP contribution in [-0.4, -0.2) is 26.9 Å². The fourth-order valence-corrected chi connectivity index (χ4v) is 2.85. The second kappa shape index (κ2) is 6.19. The molecule has 0 saturated heterocycles. The van der Waals surface area contributed by atoms with Crippen molar-refractivity contribution in [1.82, 2.24) is 10.0 Å². The van der Waals surface area contributed by atoms with Gasteiger partial charge >= 0.3 is 0 Å². The van der Waals surface area contributed by atoms with Gasteiger partial charge in [0.25, 0.3) is 0 Å². The molecule has 0 bridgehead atoms. The highest BCUT2D eigenvalue weighted by atomic mass is 32.2. The molecule has 0 spiro atoms. The molecule has 1 aromatic rings. The molecule has 1 amide bonds. The molecule has 0 aliphatic rings. The van der Waals surface area contributed by atoms with Gasteiger partial charge in [0, 0.05) is 12.2 Å². The van der Waals surface area contributed by atoms with E-state index in [4.69, 9.17) is 5.73 Å². The van der Waals surface area contributed by atoms with Gasteiger partial charge in [0.2, 0.25) is 15.9 Å². The Morgan fingerprint density at radius 2 is 2.05 bits per heavy atom. The van der Waals surface area contributed by atoms with E-state index in [9.17, 15) is 17.6 Å². The van der Waals surface area contributed by atoms with Crippen molar-refractivity contribution in [2.75, 3.05) is 12.3 Å². The van der Waals surface area contributed by atoms with Crippen molar-refractivity contribution < 1.29 is 17.6 Å². The Labute approximate surface area is 117 Å². The van der Waals surface area contributed by atoms with Gasteiger partial charge in [-0.1, -0.05) is 0 Å². The number of rotatable bonds is 5. The third-order valence-corrected chi connectivity index (χ3v) is 4.24. The summed E-state index contributed by atoms with van der Waals surface area (Å²) in [6, 6.07) is 1.07. The van der Waals surface area contributed by atoms with Gasteiger partial charge < -0.3 is 11.1 Å². The van der Waals surface area contributed by atoms with Gasteiger partial charge in [-0.05, 0) is 38.5 Å². The average Bonchev–Trinajstić information content (AvgIpc) is 2.33. The highest BCUT2D eigenvalue weighted by Crippen LogP contribution is 2.21. The predicted molar refractivity (Wildman–Crippen MR) is 74.0 cm³/mol. The van der Waals surface area contributed by atoms with Crippen LogP contribution in [0.25, 0.3) is 0 Å². The average molecular weight is 303 g/mol. The summed E-state index contributed by atoms with van der Waals surface area (Å²) in [6.45, 7) is 5.02. The third-order valence-electron chi connectivity index (χ3n) is 2.69. The number of hydrogen-bond acceptors (Lipinski definition) is 4. The van der Waals surface area contributed by atoms with Gasteiger partial charge in [0.1, 0.15) is 10.7 Å². The number of carbonyl (C=O) groups excluding carboxylic acids is 1. The first kappa shape index (κ1) is 16.4. The van der Waals surface area contributed by atoms with E-state index in [1.54, 1.807) is 13.8 Å². The molecule has 8 heteroatoms. The molecule has 0 fully saturated rings. The number of amides is 1. The van der Waals surface area contributed by atoms with Crippen LogP contribution in [0.4, 0.5) is 10.1 Å². The van der Waals surface area contributed by atoms with Crippen molar-refractivity contribution in [1.29, 1.82) is 0 Å². The highest BCUT2D eigenvalue weighted by molar-refractivity contribution is 7.89. The number of sulfonamides is 1. The Morgan fingerprint density at radius 1 is 1.45 bits per heavy atom. The lowest BCUT2D eigenvalue weighted by Gasteiger charge is -2.15. The number of aryl methyl sites for hydroxylation is 1. The lowest BCUT2D eigenvalue weighted by molar-refractivity contribution is -0.122. The summed E-state index contributed by atoms with van der Waals surface area (Å²) in [5.74, 6) is -1.40. The zero-order valence-corrected chi connectivity index (χ0v) is 12.3. The quantitative estimate of drug-likeness (QED) is 0.690. The number of hydrogen-bond donors (Lipinski definition) is 3. The van der Waals surface area contributed by atoms with Crippen LogP contribution < -0.4 is 15.8 Å². The SMILES string of the molecule is CCNC(=O)C(C)NS(=O)(=O)c1cc(N)c(C)cc1F. The molecular formula is C12H18FN3O3S. The van der Waals surface area contributed by atoms with Gasteiger partial charge in [-0.3, -0.25) is 4.79 Å². The monoisotopic (exact) mass is 303 g/mol. The van der Waals surface area contributed by atoms with E-state index in [2.05, 4.69) is 10.0 Å². The molecule has 0 saturated carbocycles. The molecule has 0 aliphatic carbocycles. The zero-order chi connectivity index (χ0) is 15.5. The number of nitrogens with one attached hydrogen (secondary N) is 2. The molecular weight excluding hydrogens is 285 g/mol. The Hall–Kier alpha value is -1.67. The van der Waals surface area contributed by atoms with Crippen molar-refractivity contribution in [3.8, 4) is 0 Å².